The van der Waals surface area contributed by atoms with Gasteiger partial charge in [0.1, 0.15) is 0 Å². The van der Waals surface area contributed by atoms with Crippen LogP contribution in [0.15, 0.2) is 42.7 Å². The molecule has 2 amide bonds. The van der Waals surface area contributed by atoms with Crippen LogP contribution in [0.4, 0.5) is 0 Å². The third-order valence-corrected chi connectivity index (χ3v) is 5.97. The summed E-state index contributed by atoms with van der Waals surface area (Å²) < 4.78 is 10.4. The van der Waals surface area contributed by atoms with Crippen LogP contribution >= 0.6 is 0 Å². The first-order chi connectivity index (χ1) is 15.5. The number of benzene rings is 2. The maximum absolute atomic E-state index is 12.9. The molecule has 0 bridgehead atoms. The lowest BCUT2D eigenvalue weighted by Gasteiger charge is -2.27. The lowest BCUT2D eigenvalue weighted by atomic mass is 9.95. The van der Waals surface area contributed by atoms with Crippen molar-refractivity contribution in [3.05, 3.63) is 65.0 Å². The standard InChI is InChI=1S/C24H22N4O4/c1-31-24-26-12-17(13-27-24)15-9-19-18-3-2-14(23(30)28-4-6-32-7-5-28)8-16(18)11-20(19)21(10-15)22(25)29/h2-3,8-10,12-13H,4-7,11H2,1H3,(H2,25,29). The number of ether oxygens (including phenoxy) is 2. The van der Waals surface area contributed by atoms with Gasteiger partial charge >= 0.3 is 6.01 Å². The predicted octanol–water partition coefficient (Wildman–Crippen LogP) is 2.29. The van der Waals surface area contributed by atoms with Gasteiger partial charge in [0.05, 0.1) is 20.3 Å². The van der Waals surface area contributed by atoms with Crippen molar-refractivity contribution >= 4 is 11.8 Å². The van der Waals surface area contributed by atoms with Gasteiger partial charge in [-0.3, -0.25) is 9.59 Å². The molecule has 1 aliphatic heterocycles. The lowest BCUT2D eigenvalue weighted by Crippen LogP contribution is -2.40. The van der Waals surface area contributed by atoms with Crippen LogP contribution in [-0.4, -0.2) is 60.1 Å². The summed E-state index contributed by atoms with van der Waals surface area (Å²) in [5.74, 6) is -0.492. The largest absolute Gasteiger partial charge is 0.467 e. The average Bonchev–Trinajstić information content (AvgIpc) is 3.21. The predicted molar refractivity (Wildman–Crippen MR) is 118 cm³/mol. The van der Waals surface area contributed by atoms with Gasteiger partial charge in [-0.1, -0.05) is 6.07 Å². The van der Waals surface area contributed by atoms with Crippen LogP contribution in [0, 0.1) is 0 Å². The van der Waals surface area contributed by atoms with Crippen molar-refractivity contribution in [1.29, 1.82) is 0 Å². The molecule has 1 saturated heterocycles. The van der Waals surface area contributed by atoms with E-state index >= 15 is 0 Å². The molecule has 5 rings (SSSR count). The second-order valence-corrected chi connectivity index (χ2v) is 7.83. The van der Waals surface area contributed by atoms with Crippen molar-refractivity contribution in [2.75, 3.05) is 33.4 Å². The molecule has 1 aliphatic carbocycles. The molecule has 8 heteroatoms. The van der Waals surface area contributed by atoms with E-state index in [2.05, 4.69) is 9.97 Å². The first-order valence-corrected chi connectivity index (χ1v) is 10.4. The Morgan fingerprint density at radius 2 is 1.78 bits per heavy atom. The molecule has 1 fully saturated rings. The highest BCUT2D eigenvalue weighted by molar-refractivity contribution is 6.01. The third kappa shape index (κ3) is 3.48. The van der Waals surface area contributed by atoms with Crippen LogP contribution in [0.1, 0.15) is 31.8 Å². The van der Waals surface area contributed by atoms with Crippen LogP contribution < -0.4 is 10.5 Å². The number of amides is 2. The molecule has 32 heavy (non-hydrogen) atoms. The number of fused-ring (bicyclic) bond motifs is 3. The van der Waals surface area contributed by atoms with Gasteiger partial charge in [-0.2, -0.15) is 0 Å². The number of methoxy groups -OCH3 is 1. The van der Waals surface area contributed by atoms with Gasteiger partial charge in [0.2, 0.25) is 5.91 Å². The normalized spacial score (nSPS) is 14.6. The van der Waals surface area contributed by atoms with E-state index in [4.69, 9.17) is 15.2 Å². The fourth-order valence-corrected chi connectivity index (χ4v) is 4.34. The topological polar surface area (TPSA) is 108 Å². The van der Waals surface area contributed by atoms with Crippen LogP contribution in [-0.2, 0) is 11.2 Å². The Bertz CT molecular complexity index is 1220. The quantitative estimate of drug-likeness (QED) is 0.532. The molecule has 162 valence electrons. The number of hydrogen-bond acceptors (Lipinski definition) is 6. The molecule has 8 nitrogen and oxygen atoms in total. The summed E-state index contributed by atoms with van der Waals surface area (Å²) in [6.07, 6.45) is 3.85. The van der Waals surface area contributed by atoms with Gasteiger partial charge < -0.3 is 20.1 Å². The Labute approximate surface area is 185 Å². The number of hydrogen-bond donors (Lipinski definition) is 1. The van der Waals surface area contributed by atoms with E-state index in [1.807, 2.05) is 29.2 Å². The number of morpholine rings is 1. The number of nitrogens with zero attached hydrogens (tertiary/aromatic N) is 3. The molecule has 2 N–H and O–H groups in total. The summed E-state index contributed by atoms with van der Waals surface area (Å²) >= 11 is 0. The van der Waals surface area contributed by atoms with Crippen molar-refractivity contribution in [2.24, 2.45) is 5.73 Å². The fraction of sp³-hybridized carbons (Fsp3) is 0.250. The SMILES string of the molecule is COc1ncc(-c2cc(C(N)=O)c3c(c2)-c2ccc(C(=O)N4CCOCC4)cc2C3)cn1. The summed E-state index contributed by atoms with van der Waals surface area (Å²) in [7, 11) is 1.50. The van der Waals surface area contributed by atoms with E-state index in [0.717, 1.165) is 33.4 Å². The Morgan fingerprint density at radius 1 is 1.03 bits per heavy atom. The van der Waals surface area contributed by atoms with Crippen LogP contribution in [0.25, 0.3) is 22.3 Å². The van der Waals surface area contributed by atoms with E-state index < -0.39 is 5.91 Å². The zero-order valence-electron chi connectivity index (χ0n) is 17.6. The minimum absolute atomic E-state index is 0.00162. The molecule has 0 unspecified atom stereocenters. The molecule has 0 spiro atoms. The second-order valence-electron chi connectivity index (χ2n) is 7.83. The molecule has 1 aromatic heterocycles. The van der Waals surface area contributed by atoms with Crippen molar-refractivity contribution < 1.29 is 19.1 Å². The third-order valence-electron chi connectivity index (χ3n) is 5.97. The molecule has 2 heterocycles. The Balaban J connectivity index is 1.54. The summed E-state index contributed by atoms with van der Waals surface area (Å²) in [5, 5.41) is 0. The molecule has 2 aromatic carbocycles. The summed E-state index contributed by atoms with van der Waals surface area (Å²) in [6.45, 7) is 2.30. The van der Waals surface area contributed by atoms with E-state index in [1.165, 1.54) is 7.11 Å². The molecular weight excluding hydrogens is 408 g/mol. The Hall–Kier alpha value is -3.78. The zero-order valence-corrected chi connectivity index (χ0v) is 17.6. The molecule has 0 radical (unpaired) electrons. The molecule has 3 aromatic rings. The summed E-state index contributed by atoms with van der Waals surface area (Å²) in [6, 6.07) is 9.79. The minimum atomic E-state index is -0.491. The van der Waals surface area contributed by atoms with Crippen molar-refractivity contribution in [3.8, 4) is 28.3 Å². The monoisotopic (exact) mass is 430 g/mol. The van der Waals surface area contributed by atoms with Crippen LogP contribution in [0.2, 0.25) is 0 Å². The van der Waals surface area contributed by atoms with Gasteiger partial charge in [-0.25, -0.2) is 9.97 Å². The van der Waals surface area contributed by atoms with E-state index in [1.54, 1.807) is 18.5 Å². The van der Waals surface area contributed by atoms with Crippen LogP contribution in [0.5, 0.6) is 6.01 Å². The highest BCUT2D eigenvalue weighted by Crippen LogP contribution is 2.41. The Morgan fingerprint density at radius 3 is 2.47 bits per heavy atom. The average molecular weight is 430 g/mol. The van der Waals surface area contributed by atoms with E-state index in [9.17, 15) is 9.59 Å². The smallest absolute Gasteiger partial charge is 0.316 e. The van der Waals surface area contributed by atoms with Crippen LogP contribution in [0.3, 0.4) is 0 Å². The Kier molecular flexibility index (Phi) is 5.07. The summed E-state index contributed by atoms with van der Waals surface area (Å²) in [5.41, 5.74) is 12.2. The van der Waals surface area contributed by atoms with Gasteiger partial charge in [-0.15, -0.1) is 0 Å². The maximum atomic E-state index is 12.9. The molecular formula is C24H22N4O4. The van der Waals surface area contributed by atoms with E-state index in [-0.39, 0.29) is 11.9 Å². The van der Waals surface area contributed by atoms with Gasteiger partial charge in [-0.05, 0) is 58.5 Å². The highest BCUT2D eigenvalue weighted by atomic mass is 16.5. The first-order valence-electron chi connectivity index (χ1n) is 10.4. The van der Waals surface area contributed by atoms with Gasteiger partial charge in [0.15, 0.2) is 0 Å². The first kappa shape index (κ1) is 20.1. The number of rotatable bonds is 4. The van der Waals surface area contributed by atoms with Gasteiger partial charge in [0.25, 0.3) is 5.91 Å². The lowest BCUT2D eigenvalue weighted by molar-refractivity contribution is 0.0303. The van der Waals surface area contributed by atoms with Crippen molar-refractivity contribution in [3.63, 3.8) is 0 Å². The maximum Gasteiger partial charge on any atom is 0.316 e. The molecule has 2 aliphatic rings. The number of aromatic nitrogens is 2. The summed E-state index contributed by atoms with van der Waals surface area (Å²) in [4.78, 5) is 35.3. The minimum Gasteiger partial charge on any atom is -0.467 e. The van der Waals surface area contributed by atoms with E-state index in [0.29, 0.717) is 43.9 Å². The van der Waals surface area contributed by atoms with Crippen molar-refractivity contribution in [2.45, 2.75) is 6.42 Å². The zero-order chi connectivity index (χ0) is 22.2. The number of nitrogens with two attached hydrogens (primary N) is 1. The number of carbonyl (C=O) groups excluding carboxylic acids is 2. The fourth-order valence-electron chi connectivity index (χ4n) is 4.34. The molecule has 0 atom stereocenters. The second kappa shape index (κ2) is 8.05. The highest BCUT2D eigenvalue weighted by Gasteiger charge is 2.27. The van der Waals surface area contributed by atoms with Gasteiger partial charge in [0, 0.05) is 42.2 Å². The molecule has 0 saturated carbocycles. The van der Waals surface area contributed by atoms with Crippen molar-refractivity contribution in [1.82, 2.24) is 14.9 Å². The number of carbonyl (C=O) groups is 2. The number of primary amides is 1.